The number of amides is 6. The van der Waals surface area contributed by atoms with Crippen molar-refractivity contribution in [3.05, 3.63) is 35.9 Å². The zero-order valence-electron chi connectivity index (χ0n) is 26.7. The van der Waals surface area contributed by atoms with Crippen LogP contribution in [0.1, 0.15) is 5.56 Å². The van der Waals surface area contributed by atoms with Gasteiger partial charge in [0.1, 0.15) is 6.04 Å². The van der Waals surface area contributed by atoms with E-state index >= 15 is 0 Å². The summed E-state index contributed by atoms with van der Waals surface area (Å²) in [6.45, 7) is 2.42. The average Bonchev–Trinajstić information content (AvgIpc) is 3.06. The topological polar surface area (TPSA) is 261 Å². The van der Waals surface area contributed by atoms with Crippen molar-refractivity contribution in [3.8, 4) is 0 Å². The van der Waals surface area contributed by atoms with Gasteiger partial charge in [-0.2, -0.15) is 0 Å². The maximum absolute atomic E-state index is 12.8. The molecule has 0 aliphatic heterocycles. The van der Waals surface area contributed by atoms with Crippen molar-refractivity contribution < 1.29 is 62.7 Å². The molecule has 1 aromatic carbocycles. The molecular weight excluding hydrogens is 640 g/mol. The number of carbonyl (C=O) groups is 6. The van der Waals surface area contributed by atoms with Crippen LogP contribution in [-0.4, -0.2) is 151 Å². The maximum atomic E-state index is 12.8. The molecule has 1 atom stereocenters. The molecule has 270 valence electrons. The lowest BCUT2D eigenvalue weighted by Crippen LogP contribution is -2.52. The number of carboxylic acid groups (broad SMARTS) is 2. The van der Waals surface area contributed by atoms with Crippen molar-refractivity contribution >= 4 is 35.8 Å². The molecule has 8 N–H and O–H groups in total. The molecule has 0 aliphatic rings. The molecule has 19 nitrogen and oxygen atoms in total. The summed E-state index contributed by atoms with van der Waals surface area (Å²) in [7, 11) is 0. The minimum atomic E-state index is -1.39. The summed E-state index contributed by atoms with van der Waals surface area (Å²) in [5, 5.41) is 30.9. The molecule has 0 saturated heterocycles. The van der Waals surface area contributed by atoms with Crippen LogP contribution in [0, 0.1) is 0 Å². The first-order chi connectivity index (χ1) is 23.2. The molecule has 6 amide bonds. The van der Waals surface area contributed by atoms with Gasteiger partial charge in [0.15, 0.2) is 0 Å². The first-order valence-electron chi connectivity index (χ1n) is 15.1. The van der Waals surface area contributed by atoms with Gasteiger partial charge < -0.3 is 65.8 Å². The first-order valence-corrected chi connectivity index (χ1v) is 15.1. The highest BCUT2D eigenvalue weighted by Crippen LogP contribution is 2.03. The van der Waals surface area contributed by atoms with Crippen LogP contribution in [0.2, 0.25) is 0 Å². The van der Waals surface area contributed by atoms with Gasteiger partial charge in [0.05, 0.1) is 85.7 Å². The number of benzene rings is 1. The van der Waals surface area contributed by atoms with Gasteiger partial charge in [-0.05, 0) is 5.56 Å². The molecule has 0 unspecified atom stereocenters. The van der Waals surface area contributed by atoms with Crippen molar-refractivity contribution in [1.82, 2.24) is 31.9 Å². The number of carbonyl (C=O) groups excluding carboxylic acids is 4. The number of nitrogens with one attached hydrogen (secondary N) is 6. The Bertz CT molecular complexity index is 1100. The summed E-state index contributed by atoms with van der Waals surface area (Å²) < 4.78 is 26.7. The molecule has 0 bridgehead atoms. The Kier molecular flexibility index (Phi) is 23.8. The van der Waals surface area contributed by atoms with Gasteiger partial charge in [0.25, 0.3) is 0 Å². The van der Waals surface area contributed by atoms with E-state index in [9.17, 15) is 28.8 Å². The standard InChI is InChI=1S/C29H46N6O13/c36-24(30-6-8-44-10-12-46-14-16-48-17-15-47-13-11-45-9-7-31-28(40)41)19-33-27(39)23(18-22-4-2-1-3-5-22)35-26(38)21-32-25(37)20-34-29(42)43/h1-5,23,31,34H,6-21H2,(H,30,36)(H,32,37)(H,33,39)(H,35,38)(H,40,41)(H,42,43)/t23-/m0/s1. The molecule has 1 rings (SSSR count). The van der Waals surface area contributed by atoms with Crippen LogP contribution < -0.4 is 31.9 Å². The second kappa shape index (κ2) is 27.5. The van der Waals surface area contributed by atoms with Gasteiger partial charge in [-0.25, -0.2) is 9.59 Å². The number of hydrogen-bond donors (Lipinski definition) is 8. The smallest absolute Gasteiger partial charge is 0.405 e. The predicted molar refractivity (Wildman–Crippen MR) is 167 cm³/mol. The highest BCUT2D eigenvalue weighted by molar-refractivity contribution is 5.92. The van der Waals surface area contributed by atoms with Crippen LogP contribution in [0.15, 0.2) is 30.3 Å². The van der Waals surface area contributed by atoms with Gasteiger partial charge in [-0.3, -0.25) is 19.2 Å². The zero-order valence-corrected chi connectivity index (χ0v) is 26.7. The quantitative estimate of drug-likeness (QED) is 0.0431. The summed E-state index contributed by atoms with van der Waals surface area (Å²) in [6, 6.07) is 7.83. The Morgan fingerprint density at radius 1 is 0.521 bits per heavy atom. The Morgan fingerprint density at radius 3 is 1.48 bits per heavy atom. The van der Waals surface area contributed by atoms with E-state index in [2.05, 4.69) is 26.6 Å². The third kappa shape index (κ3) is 24.6. The van der Waals surface area contributed by atoms with Gasteiger partial charge in [0.2, 0.25) is 23.6 Å². The average molecular weight is 687 g/mol. The summed E-state index contributed by atoms with van der Waals surface area (Å²) in [5.41, 5.74) is 0.751. The van der Waals surface area contributed by atoms with E-state index in [0.717, 1.165) is 5.56 Å². The van der Waals surface area contributed by atoms with E-state index in [-0.39, 0.29) is 39.3 Å². The molecule has 1 aromatic rings. The van der Waals surface area contributed by atoms with Crippen LogP contribution in [0.5, 0.6) is 0 Å². The van der Waals surface area contributed by atoms with Crippen LogP contribution in [0.25, 0.3) is 0 Å². The third-order valence-corrected chi connectivity index (χ3v) is 5.78. The minimum Gasteiger partial charge on any atom is -0.465 e. The Balaban J connectivity index is 2.12. The Labute approximate surface area is 277 Å². The number of rotatable bonds is 28. The zero-order chi connectivity index (χ0) is 35.2. The van der Waals surface area contributed by atoms with Crippen molar-refractivity contribution in [1.29, 1.82) is 0 Å². The lowest BCUT2D eigenvalue weighted by atomic mass is 10.1. The molecular formula is C29H46N6O13. The first kappa shape index (κ1) is 41.5. The van der Waals surface area contributed by atoms with Crippen LogP contribution in [0.3, 0.4) is 0 Å². The van der Waals surface area contributed by atoms with E-state index in [0.29, 0.717) is 52.9 Å². The van der Waals surface area contributed by atoms with E-state index in [1.165, 1.54) is 0 Å². The fraction of sp³-hybridized carbons (Fsp3) is 0.586. The molecule has 0 radical (unpaired) electrons. The fourth-order valence-electron chi connectivity index (χ4n) is 3.53. The van der Waals surface area contributed by atoms with Gasteiger partial charge in [0, 0.05) is 19.5 Å². The van der Waals surface area contributed by atoms with E-state index in [1.54, 1.807) is 30.3 Å². The van der Waals surface area contributed by atoms with Gasteiger partial charge in [-0.15, -0.1) is 0 Å². The summed E-state index contributed by atoms with van der Waals surface area (Å²) in [6.07, 6.45) is -2.36. The minimum absolute atomic E-state index is 0.124. The maximum Gasteiger partial charge on any atom is 0.405 e. The number of ether oxygens (including phenoxy) is 5. The predicted octanol–water partition coefficient (Wildman–Crippen LogP) is -2.32. The lowest BCUT2D eigenvalue weighted by Gasteiger charge is -2.19. The highest BCUT2D eigenvalue weighted by atomic mass is 16.6. The highest BCUT2D eigenvalue weighted by Gasteiger charge is 2.22. The lowest BCUT2D eigenvalue weighted by molar-refractivity contribution is -0.130. The van der Waals surface area contributed by atoms with Crippen LogP contribution in [-0.2, 0) is 49.3 Å². The molecule has 0 aliphatic carbocycles. The van der Waals surface area contributed by atoms with Gasteiger partial charge in [-0.1, -0.05) is 30.3 Å². The summed E-state index contributed by atoms with van der Waals surface area (Å²) in [5.74, 6) is -2.48. The summed E-state index contributed by atoms with van der Waals surface area (Å²) in [4.78, 5) is 69.8. The molecule has 0 spiro atoms. The number of hydrogen-bond acceptors (Lipinski definition) is 11. The third-order valence-electron chi connectivity index (χ3n) is 5.78. The van der Waals surface area contributed by atoms with Crippen molar-refractivity contribution in [2.24, 2.45) is 0 Å². The van der Waals surface area contributed by atoms with Crippen LogP contribution in [0.4, 0.5) is 9.59 Å². The van der Waals surface area contributed by atoms with Crippen molar-refractivity contribution in [2.75, 3.05) is 98.8 Å². The van der Waals surface area contributed by atoms with E-state index in [4.69, 9.17) is 33.9 Å². The van der Waals surface area contributed by atoms with Crippen LogP contribution >= 0.6 is 0 Å². The summed E-state index contributed by atoms with van der Waals surface area (Å²) >= 11 is 0. The van der Waals surface area contributed by atoms with Gasteiger partial charge >= 0.3 is 12.2 Å². The Morgan fingerprint density at radius 2 is 0.958 bits per heavy atom. The normalized spacial score (nSPS) is 11.2. The molecule has 0 heterocycles. The molecule has 48 heavy (non-hydrogen) atoms. The second-order valence-electron chi connectivity index (χ2n) is 9.61. The van der Waals surface area contributed by atoms with E-state index in [1.807, 2.05) is 5.32 Å². The monoisotopic (exact) mass is 686 g/mol. The Hall–Kier alpha value is -4.56. The van der Waals surface area contributed by atoms with Crippen molar-refractivity contribution in [2.45, 2.75) is 12.5 Å². The molecule has 0 saturated carbocycles. The molecule has 19 heteroatoms. The second-order valence-corrected chi connectivity index (χ2v) is 9.61. The van der Waals surface area contributed by atoms with E-state index < -0.39 is 54.9 Å². The largest absolute Gasteiger partial charge is 0.465 e. The SMILES string of the molecule is O=C(O)NCCOCCOCCOCCOCCOCCNC(=O)CNC(=O)[C@H](Cc1ccccc1)NC(=O)CNC(=O)CNC(=O)O. The van der Waals surface area contributed by atoms with Crippen molar-refractivity contribution in [3.63, 3.8) is 0 Å². The fourth-order valence-corrected chi connectivity index (χ4v) is 3.53. The molecule has 0 aromatic heterocycles. The molecule has 0 fully saturated rings.